The smallest absolute Gasteiger partial charge is 0.130 e. The van der Waals surface area contributed by atoms with E-state index in [0.717, 1.165) is 29.9 Å². The maximum Gasteiger partial charge on any atom is 0.130 e. The van der Waals surface area contributed by atoms with E-state index in [-0.39, 0.29) is 11.9 Å². The largest absolute Gasteiger partial charge is 0.336 e. The standard InChI is InChI=1S/C15H20FN3/c1-4-5-17-14(15-18-6-7-19(15)3)12-8-11(2)9-13(16)10-12/h6-10,14,17H,4-5H2,1-3H3. The third kappa shape index (κ3) is 3.20. The second kappa shape index (κ2) is 5.97. The number of nitrogens with zero attached hydrogens (tertiary/aromatic N) is 2. The van der Waals surface area contributed by atoms with Crippen LogP contribution in [0.3, 0.4) is 0 Å². The molecule has 0 saturated carbocycles. The molecule has 102 valence electrons. The molecule has 0 amide bonds. The molecule has 1 aromatic heterocycles. The van der Waals surface area contributed by atoms with Crippen LogP contribution >= 0.6 is 0 Å². The molecule has 0 aliphatic heterocycles. The van der Waals surface area contributed by atoms with Crippen LogP contribution < -0.4 is 5.32 Å². The molecule has 1 unspecified atom stereocenters. The second-order valence-corrected chi connectivity index (χ2v) is 4.85. The summed E-state index contributed by atoms with van der Waals surface area (Å²) >= 11 is 0. The van der Waals surface area contributed by atoms with Crippen LogP contribution in [0.2, 0.25) is 0 Å². The van der Waals surface area contributed by atoms with Gasteiger partial charge in [-0.15, -0.1) is 0 Å². The van der Waals surface area contributed by atoms with E-state index in [2.05, 4.69) is 17.2 Å². The number of aromatic nitrogens is 2. The Kier molecular flexibility index (Phi) is 4.32. The molecule has 1 N–H and O–H groups in total. The Morgan fingerprint density at radius 3 is 2.74 bits per heavy atom. The van der Waals surface area contributed by atoms with Crippen molar-refractivity contribution in [2.45, 2.75) is 26.3 Å². The van der Waals surface area contributed by atoms with Gasteiger partial charge in [0, 0.05) is 19.4 Å². The summed E-state index contributed by atoms with van der Waals surface area (Å²) in [7, 11) is 1.95. The van der Waals surface area contributed by atoms with E-state index >= 15 is 0 Å². The van der Waals surface area contributed by atoms with Gasteiger partial charge in [-0.25, -0.2) is 9.37 Å². The van der Waals surface area contributed by atoms with Crippen LogP contribution in [0, 0.1) is 12.7 Å². The van der Waals surface area contributed by atoms with Gasteiger partial charge in [-0.1, -0.05) is 13.0 Å². The topological polar surface area (TPSA) is 29.9 Å². The molecule has 4 heteroatoms. The fraction of sp³-hybridized carbons (Fsp3) is 0.400. The zero-order valence-electron chi connectivity index (χ0n) is 11.7. The van der Waals surface area contributed by atoms with Crippen molar-refractivity contribution < 1.29 is 4.39 Å². The van der Waals surface area contributed by atoms with E-state index in [0.29, 0.717) is 0 Å². The van der Waals surface area contributed by atoms with Crippen molar-refractivity contribution in [3.05, 3.63) is 53.4 Å². The van der Waals surface area contributed by atoms with E-state index in [1.54, 1.807) is 18.3 Å². The number of nitrogens with one attached hydrogen (secondary N) is 1. The van der Waals surface area contributed by atoms with E-state index in [4.69, 9.17) is 0 Å². The average molecular weight is 261 g/mol. The lowest BCUT2D eigenvalue weighted by Gasteiger charge is -2.19. The molecular weight excluding hydrogens is 241 g/mol. The third-order valence-electron chi connectivity index (χ3n) is 3.11. The number of benzene rings is 1. The first-order valence-electron chi connectivity index (χ1n) is 6.59. The Balaban J connectivity index is 2.39. The van der Waals surface area contributed by atoms with Crippen LogP contribution in [-0.4, -0.2) is 16.1 Å². The summed E-state index contributed by atoms with van der Waals surface area (Å²) in [6.07, 6.45) is 4.69. The van der Waals surface area contributed by atoms with Crippen LogP contribution in [0.25, 0.3) is 0 Å². The zero-order valence-corrected chi connectivity index (χ0v) is 11.7. The first-order chi connectivity index (χ1) is 9.11. The van der Waals surface area contributed by atoms with Crippen molar-refractivity contribution in [1.29, 1.82) is 0 Å². The Morgan fingerprint density at radius 2 is 2.16 bits per heavy atom. The van der Waals surface area contributed by atoms with Gasteiger partial charge in [-0.05, 0) is 43.1 Å². The highest BCUT2D eigenvalue weighted by molar-refractivity contribution is 5.30. The van der Waals surface area contributed by atoms with Gasteiger partial charge < -0.3 is 9.88 Å². The molecular formula is C15H20FN3. The SMILES string of the molecule is CCCNC(c1cc(C)cc(F)c1)c1nccn1C. The van der Waals surface area contributed by atoms with Crippen LogP contribution in [0.1, 0.15) is 36.3 Å². The molecule has 1 atom stereocenters. The predicted molar refractivity (Wildman–Crippen MR) is 74.5 cm³/mol. The Bertz CT molecular complexity index is 528. The van der Waals surface area contributed by atoms with E-state index < -0.39 is 0 Å². The number of aryl methyl sites for hydroxylation is 2. The van der Waals surface area contributed by atoms with Crippen LogP contribution in [0.5, 0.6) is 0 Å². The third-order valence-corrected chi connectivity index (χ3v) is 3.11. The number of halogens is 1. The molecule has 0 spiro atoms. The lowest BCUT2D eigenvalue weighted by atomic mass is 10.0. The van der Waals surface area contributed by atoms with Crippen molar-refractivity contribution >= 4 is 0 Å². The summed E-state index contributed by atoms with van der Waals surface area (Å²) in [5, 5.41) is 3.43. The maximum absolute atomic E-state index is 13.6. The van der Waals surface area contributed by atoms with Crippen LogP contribution in [0.4, 0.5) is 4.39 Å². The van der Waals surface area contributed by atoms with Crippen molar-refractivity contribution in [2.24, 2.45) is 7.05 Å². The van der Waals surface area contributed by atoms with Crippen LogP contribution in [0.15, 0.2) is 30.6 Å². The summed E-state index contributed by atoms with van der Waals surface area (Å²) in [5.41, 5.74) is 1.84. The van der Waals surface area contributed by atoms with Crippen LogP contribution in [-0.2, 0) is 7.05 Å². The predicted octanol–water partition coefficient (Wildman–Crippen LogP) is 2.96. The first kappa shape index (κ1) is 13.7. The minimum absolute atomic E-state index is 0.0747. The summed E-state index contributed by atoms with van der Waals surface area (Å²) in [5.74, 6) is 0.700. The minimum Gasteiger partial charge on any atom is -0.336 e. The van der Waals surface area contributed by atoms with Gasteiger partial charge in [-0.3, -0.25) is 0 Å². The maximum atomic E-state index is 13.6. The van der Waals surface area contributed by atoms with Gasteiger partial charge in [0.05, 0.1) is 6.04 Å². The molecule has 0 aliphatic rings. The fourth-order valence-electron chi connectivity index (χ4n) is 2.23. The molecule has 2 rings (SSSR count). The average Bonchev–Trinajstić information content (AvgIpc) is 2.75. The first-order valence-corrected chi connectivity index (χ1v) is 6.59. The number of hydrogen-bond donors (Lipinski definition) is 1. The molecule has 3 nitrogen and oxygen atoms in total. The van der Waals surface area contributed by atoms with Crippen molar-refractivity contribution in [3.63, 3.8) is 0 Å². The van der Waals surface area contributed by atoms with Crippen molar-refractivity contribution in [1.82, 2.24) is 14.9 Å². The number of imidazole rings is 1. The molecule has 0 saturated heterocycles. The molecule has 19 heavy (non-hydrogen) atoms. The second-order valence-electron chi connectivity index (χ2n) is 4.85. The molecule has 0 fully saturated rings. The zero-order chi connectivity index (χ0) is 13.8. The monoisotopic (exact) mass is 261 g/mol. The Labute approximate surface area is 113 Å². The molecule has 2 aromatic rings. The molecule has 0 radical (unpaired) electrons. The van der Waals surface area contributed by atoms with Gasteiger partial charge in [0.15, 0.2) is 0 Å². The van der Waals surface area contributed by atoms with Gasteiger partial charge in [-0.2, -0.15) is 0 Å². The summed E-state index contributed by atoms with van der Waals surface area (Å²) in [4.78, 5) is 4.38. The summed E-state index contributed by atoms with van der Waals surface area (Å²) < 4.78 is 15.6. The van der Waals surface area contributed by atoms with Crippen molar-refractivity contribution in [2.75, 3.05) is 6.54 Å². The summed E-state index contributed by atoms with van der Waals surface area (Å²) in [6.45, 7) is 4.88. The minimum atomic E-state index is -0.201. The van der Waals surface area contributed by atoms with E-state index in [1.165, 1.54) is 0 Å². The molecule has 0 bridgehead atoms. The lowest BCUT2D eigenvalue weighted by Crippen LogP contribution is -2.26. The van der Waals surface area contributed by atoms with Gasteiger partial charge in [0.2, 0.25) is 0 Å². The highest BCUT2D eigenvalue weighted by Gasteiger charge is 2.18. The Morgan fingerprint density at radius 1 is 1.37 bits per heavy atom. The lowest BCUT2D eigenvalue weighted by molar-refractivity contribution is 0.549. The quantitative estimate of drug-likeness (QED) is 0.896. The highest BCUT2D eigenvalue weighted by Crippen LogP contribution is 2.22. The summed E-state index contributed by atoms with van der Waals surface area (Å²) in [6, 6.07) is 5.05. The fourth-order valence-corrected chi connectivity index (χ4v) is 2.23. The van der Waals surface area contributed by atoms with Crippen molar-refractivity contribution in [3.8, 4) is 0 Å². The van der Waals surface area contributed by atoms with Gasteiger partial charge >= 0.3 is 0 Å². The number of hydrogen-bond acceptors (Lipinski definition) is 2. The number of rotatable bonds is 5. The van der Waals surface area contributed by atoms with E-state index in [9.17, 15) is 4.39 Å². The Hall–Kier alpha value is -1.68. The normalized spacial score (nSPS) is 12.6. The van der Waals surface area contributed by atoms with Gasteiger partial charge in [0.1, 0.15) is 11.6 Å². The van der Waals surface area contributed by atoms with E-state index in [1.807, 2.05) is 30.8 Å². The highest BCUT2D eigenvalue weighted by atomic mass is 19.1. The molecule has 0 aliphatic carbocycles. The van der Waals surface area contributed by atoms with Gasteiger partial charge in [0.25, 0.3) is 0 Å². The molecule has 1 heterocycles. The molecule has 1 aromatic carbocycles.